The van der Waals surface area contributed by atoms with Crippen molar-refractivity contribution in [2.24, 2.45) is 5.84 Å². The van der Waals surface area contributed by atoms with Crippen LogP contribution >= 0.6 is 0 Å². The van der Waals surface area contributed by atoms with E-state index in [1.807, 2.05) is 24.5 Å². The highest BCUT2D eigenvalue weighted by Crippen LogP contribution is 2.29. The number of hydrogen-bond donors (Lipinski definition) is 2. The molecule has 0 spiro atoms. The Labute approximate surface area is 112 Å². The number of nitrogens with one attached hydrogen (secondary N) is 1. The Kier molecular flexibility index (Phi) is 6.11. The van der Waals surface area contributed by atoms with Crippen LogP contribution in [-0.2, 0) is 16.0 Å². The van der Waals surface area contributed by atoms with Gasteiger partial charge < -0.3 is 14.2 Å². The lowest BCUT2D eigenvalue weighted by atomic mass is 10.1. The van der Waals surface area contributed by atoms with Gasteiger partial charge in [0.15, 0.2) is 11.5 Å². The monoisotopic (exact) mass is 268 g/mol. The zero-order valence-electron chi connectivity index (χ0n) is 11.4. The second-order valence-corrected chi connectivity index (χ2v) is 3.91. The molecule has 0 aromatic heterocycles. The molecular formula is C13H20N2O4. The Morgan fingerprint density at radius 2 is 2.11 bits per heavy atom. The summed E-state index contributed by atoms with van der Waals surface area (Å²) in [6, 6.07) is 5.56. The van der Waals surface area contributed by atoms with E-state index in [9.17, 15) is 4.79 Å². The molecule has 1 atom stereocenters. The molecule has 6 nitrogen and oxygen atoms in total. The smallest absolute Gasteiger partial charge is 0.277 e. The molecule has 0 aliphatic carbocycles. The molecule has 0 aliphatic heterocycles. The van der Waals surface area contributed by atoms with E-state index in [1.54, 1.807) is 13.2 Å². The summed E-state index contributed by atoms with van der Waals surface area (Å²) in [5.74, 6) is 5.70. The Bertz CT molecular complexity index is 423. The maximum Gasteiger partial charge on any atom is 0.277 e. The summed E-state index contributed by atoms with van der Waals surface area (Å²) >= 11 is 0. The molecule has 6 heteroatoms. The van der Waals surface area contributed by atoms with Gasteiger partial charge in [0, 0.05) is 7.11 Å². The fraction of sp³-hybridized carbons (Fsp3) is 0.462. The van der Waals surface area contributed by atoms with Crippen molar-refractivity contribution in [2.75, 3.05) is 20.8 Å². The molecule has 106 valence electrons. The largest absolute Gasteiger partial charge is 0.493 e. The highest BCUT2D eigenvalue weighted by atomic mass is 16.5. The van der Waals surface area contributed by atoms with Crippen LogP contribution in [0.5, 0.6) is 11.5 Å². The number of carbonyl (C=O) groups is 1. The van der Waals surface area contributed by atoms with Crippen molar-refractivity contribution >= 4 is 5.91 Å². The van der Waals surface area contributed by atoms with Crippen molar-refractivity contribution in [1.82, 2.24) is 5.43 Å². The zero-order chi connectivity index (χ0) is 14.3. The number of hydrogen-bond acceptors (Lipinski definition) is 5. The van der Waals surface area contributed by atoms with Crippen LogP contribution in [0.25, 0.3) is 0 Å². The van der Waals surface area contributed by atoms with E-state index in [1.165, 1.54) is 7.11 Å². The van der Waals surface area contributed by atoms with Gasteiger partial charge in [-0.3, -0.25) is 10.2 Å². The average Bonchev–Trinajstić information content (AvgIpc) is 2.46. The molecule has 0 saturated heterocycles. The lowest BCUT2D eigenvalue weighted by Gasteiger charge is -2.18. The second-order valence-electron chi connectivity index (χ2n) is 3.91. The van der Waals surface area contributed by atoms with Crippen molar-refractivity contribution in [3.05, 3.63) is 23.8 Å². The number of ether oxygens (including phenoxy) is 3. The minimum Gasteiger partial charge on any atom is -0.493 e. The van der Waals surface area contributed by atoms with E-state index < -0.39 is 12.0 Å². The van der Waals surface area contributed by atoms with Crippen LogP contribution in [0, 0.1) is 0 Å². The van der Waals surface area contributed by atoms with E-state index in [2.05, 4.69) is 0 Å². The summed E-state index contributed by atoms with van der Waals surface area (Å²) in [5, 5.41) is 0. The highest BCUT2D eigenvalue weighted by Gasteiger charge is 2.21. The van der Waals surface area contributed by atoms with Crippen molar-refractivity contribution in [3.63, 3.8) is 0 Å². The molecule has 0 aliphatic rings. The van der Waals surface area contributed by atoms with Crippen LogP contribution in [0.1, 0.15) is 12.5 Å². The number of aryl methyl sites for hydroxylation is 1. The van der Waals surface area contributed by atoms with Crippen molar-refractivity contribution in [2.45, 2.75) is 19.4 Å². The predicted octanol–water partition coefficient (Wildman–Crippen LogP) is 0.641. The van der Waals surface area contributed by atoms with Gasteiger partial charge in [0.2, 0.25) is 6.10 Å². The first-order valence-electron chi connectivity index (χ1n) is 5.99. The minimum atomic E-state index is -0.823. The maximum absolute atomic E-state index is 11.5. The van der Waals surface area contributed by atoms with Gasteiger partial charge in [0.25, 0.3) is 5.91 Å². The lowest BCUT2D eigenvalue weighted by molar-refractivity contribution is -0.130. The van der Waals surface area contributed by atoms with Crippen LogP contribution in [-0.4, -0.2) is 32.8 Å². The van der Waals surface area contributed by atoms with E-state index in [4.69, 9.17) is 20.1 Å². The summed E-state index contributed by atoms with van der Waals surface area (Å²) in [7, 11) is 3.04. The Hall–Kier alpha value is -1.79. The molecule has 0 bridgehead atoms. The van der Waals surface area contributed by atoms with Gasteiger partial charge >= 0.3 is 0 Å². The highest BCUT2D eigenvalue weighted by molar-refractivity contribution is 5.80. The number of nitrogens with two attached hydrogens (primary N) is 1. The molecule has 1 unspecified atom stereocenters. The third-order valence-electron chi connectivity index (χ3n) is 2.66. The third-order valence-corrected chi connectivity index (χ3v) is 2.66. The van der Waals surface area contributed by atoms with E-state index >= 15 is 0 Å². The Morgan fingerprint density at radius 1 is 1.37 bits per heavy atom. The molecule has 1 aromatic rings. The summed E-state index contributed by atoms with van der Waals surface area (Å²) in [6.45, 7) is 2.15. The standard InChI is InChI=1S/C13H20N2O4/c1-4-9-5-6-10(11(7-9)18-3)19-12(8-17-2)13(16)15-14/h5-7,12H,4,8,14H2,1-3H3,(H,15,16). The van der Waals surface area contributed by atoms with Gasteiger partial charge in [-0.15, -0.1) is 0 Å². The van der Waals surface area contributed by atoms with Crippen LogP contribution < -0.4 is 20.7 Å². The lowest BCUT2D eigenvalue weighted by Crippen LogP contribution is -2.44. The summed E-state index contributed by atoms with van der Waals surface area (Å²) < 4.78 is 15.8. The first-order valence-corrected chi connectivity index (χ1v) is 5.99. The first-order chi connectivity index (χ1) is 9.15. The first kappa shape index (κ1) is 15.3. The predicted molar refractivity (Wildman–Crippen MR) is 71.0 cm³/mol. The van der Waals surface area contributed by atoms with Crippen molar-refractivity contribution < 1.29 is 19.0 Å². The molecule has 0 heterocycles. The summed E-state index contributed by atoms with van der Waals surface area (Å²) in [5.41, 5.74) is 3.17. The molecule has 19 heavy (non-hydrogen) atoms. The van der Waals surface area contributed by atoms with Crippen LogP contribution in [0.15, 0.2) is 18.2 Å². The molecule has 0 fully saturated rings. The minimum absolute atomic E-state index is 0.0989. The fourth-order valence-corrected chi connectivity index (χ4v) is 1.59. The molecule has 0 saturated carbocycles. The van der Waals surface area contributed by atoms with Crippen LogP contribution in [0.2, 0.25) is 0 Å². The zero-order valence-corrected chi connectivity index (χ0v) is 11.4. The molecular weight excluding hydrogens is 248 g/mol. The molecule has 1 rings (SSSR count). The Morgan fingerprint density at radius 3 is 2.63 bits per heavy atom. The van der Waals surface area contributed by atoms with Crippen LogP contribution in [0.3, 0.4) is 0 Å². The fourth-order valence-electron chi connectivity index (χ4n) is 1.59. The van der Waals surface area contributed by atoms with Gasteiger partial charge in [-0.1, -0.05) is 13.0 Å². The number of benzene rings is 1. The topological polar surface area (TPSA) is 82.8 Å². The SMILES string of the molecule is CCc1ccc(OC(COC)C(=O)NN)c(OC)c1. The van der Waals surface area contributed by atoms with E-state index in [0.29, 0.717) is 11.5 Å². The third kappa shape index (κ3) is 4.11. The normalized spacial score (nSPS) is 11.8. The van der Waals surface area contributed by atoms with E-state index in [0.717, 1.165) is 12.0 Å². The van der Waals surface area contributed by atoms with Gasteiger partial charge in [0.1, 0.15) is 0 Å². The Balaban J connectivity index is 2.92. The van der Waals surface area contributed by atoms with Gasteiger partial charge in [-0.05, 0) is 24.1 Å². The summed E-state index contributed by atoms with van der Waals surface area (Å²) in [6.07, 6.45) is 0.0675. The number of hydrazine groups is 1. The number of rotatable bonds is 7. The number of methoxy groups -OCH3 is 2. The summed E-state index contributed by atoms with van der Waals surface area (Å²) in [4.78, 5) is 11.5. The van der Waals surface area contributed by atoms with Crippen molar-refractivity contribution in [1.29, 1.82) is 0 Å². The average molecular weight is 268 g/mol. The molecule has 0 radical (unpaired) electrons. The quantitative estimate of drug-likeness (QED) is 0.431. The molecule has 3 N–H and O–H groups in total. The second kappa shape index (κ2) is 7.60. The number of carbonyl (C=O) groups excluding carboxylic acids is 1. The van der Waals surface area contributed by atoms with E-state index in [-0.39, 0.29) is 6.61 Å². The van der Waals surface area contributed by atoms with Crippen molar-refractivity contribution in [3.8, 4) is 11.5 Å². The maximum atomic E-state index is 11.5. The van der Waals surface area contributed by atoms with Gasteiger partial charge in [-0.2, -0.15) is 0 Å². The van der Waals surface area contributed by atoms with Gasteiger partial charge in [-0.25, -0.2) is 5.84 Å². The molecule has 1 aromatic carbocycles. The van der Waals surface area contributed by atoms with Gasteiger partial charge in [0.05, 0.1) is 13.7 Å². The van der Waals surface area contributed by atoms with Crippen LogP contribution in [0.4, 0.5) is 0 Å². The number of amides is 1. The molecule has 1 amide bonds.